The topological polar surface area (TPSA) is 37.8 Å². The zero-order chi connectivity index (χ0) is 13.7. The molecule has 102 valence electrons. The third-order valence-electron chi connectivity index (χ3n) is 2.75. The summed E-state index contributed by atoms with van der Waals surface area (Å²) in [4.78, 5) is 10.5. The van der Waals surface area contributed by atoms with E-state index in [-0.39, 0.29) is 0 Å². The lowest BCUT2D eigenvalue weighted by molar-refractivity contribution is 0.723. The Kier molecular flexibility index (Phi) is 5.48. The zero-order valence-electron chi connectivity index (χ0n) is 11.2. The normalized spacial score (nSPS) is 10.9. The smallest absolute Gasteiger partial charge is 0.142 e. The summed E-state index contributed by atoms with van der Waals surface area (Å²) in [6, 6.07) is 4.02. The average molecular weight is 340 g/mol. The highest BCUT2D eigenvalue weighted by molar-refractivity contribution is 9.10. The minimum atomic E-state index is 0.903. The molecule has 0 aliphatic carbocycles. The van der Waals surface area contributed by atoms with E-state index >= 15 is 0 Å². The van der Waals surface area contributed by atoms with Crippen LogP contribution < -0.4 is 5.32 Å². The fourth-order valence-corrected chi connectivity index (χ4v) is 3.09. The van der Waals surface area contributed by atoms with Crippen molar-refractivity contribution >= 4 is 27.3 Å². The zero-order valence-corrected chi connectivity index (χ0v) is 13.6. The van der Waals surface area contributed by atoms with E-state index < -0.39 is 0 Å². The lowest BCUT2D eigenvalue weighted by Crippen LogP contribution is -2.11. The fourth-order valence-electron chi connectivity index (χ4n) is 1.80. The molecule has 19 heavy (non-hydrogen) atoms. The van der Waals surface area contributed by atoms with E-state index in [1.165, 1.54) is 10.6 Å². The number of hydrogen-bond donors (Lipinski definition) is 1. The fraction of sp³-hybridized carbons (Fsp3) is 0.429. The molecule has 0 spiro atoms. The van der Waals surface area contributed by atoms with Gasteiger partial charge in [-0.1, -0.05) is 20.3 Å². The molecule has 2 heterocycles. The summed E-state index contributed by atoms with van der Waals surface area (Å²) < 4.78 is 0.995. The lowest BCUT2D eigenvalue weighted by Gasteiger charge is -2.00. The van der Waals surface area contributed by atoms with E-state index in [1.54, 1.807) is 11.3 Å². The van der Waals surface area contributed by atoms with Gasteiger partial charge in [-0.3, -0.25) is 4.98 Å². The molecule has 0 aliphatic heterocycles. The third-order valence-corrected chi connectivity index (χ3v) is 4.34. The summed E-state index contributed by atoms with van der Waals surface area (Å²) in [5.74, 6) is 0. The summed E-state index contributed by atoms with van der Waals surface area (Å²) in [6.07, 6.45) is 3.98. The summed E-state index contributed by atoms with van der Waals surface area (Å²) in [6.45, 7) is 6.20. The van der Waals surface area contributed by atoms with E-state index in [0.29, 0.717) is 0 Å². The molecular weight excluding hydrogens is 322 g/mol. The predicted molar refractivity (Wildman–Crippen MR) is 84.4 cm³/mol. The largest absolute Gasteiger partial charge is 0.312 e. The Bertz CT molecular complexity index is 522. The maximum absolute atomic E-state index is 4.75. The number of rotatable bonds is 6. The summed E-state index contributed by atoms with van der Waals surface area (Å²) in [5.41, 5.74) is 2.17. The van der Waals surface area contributed by atoms with E-state index in [9.17, 15) is 0 Å². The number of halogens is 1. The van der Waals surface area contributed by atoms with Crippen molar-refractivity contribution in [3.63, 3.8) is 0 Å². The van der Waals surface area contributed by atoms with E-state index in [2.05, 4.69) is 40.1 Å². The van der Waals surface area contributed by atoms with Gasteiger partial charge in [-0.05, 0) is 41.0 Å². The quantitative estimate of drug-likeness (QED) is 0.863. The maximum Gasteiger partial charge on any atom is 0.142 e. The molecule has 5 heteroatoms. The molecule has 2 aromatic heterocycles. The maximum atomic E-state index is 4.75. The predicted octanol–water partition coefficient (Wildman–Crippen LogP) is 4.03. The van der Waals surface area contributed by atoms with Crippen molar-refractivity contribution < 1.29 is 0 Å². The van der Waals surface area contributed by atoms with Crippen molar-refractivity contribution in [2.24, 2.45) is 0 Å². The molecule has 0 radical (unpaired) electrons. The van der Waals surface area contributed by atoms with Gasteiger partial charge < -0.3 is 5.32 Å². The van der Waals surface area contributed by atoms with Crippen LogP contribution in [0.25, 0.3) is 10.7 Å². The molecule has 1 N–H and O–H groups in total. The Morgan fingerprint density at radius 2 is 2.16 bits per heavy atom. The lowest BCUT2D eigenvalue weighted by atomic mass is 10.2. The van der Waals surface area contributed by atoms with Gasteiger partial charge in [-0.15, -0.1) is 11.3 Å². The van der Waals surface area contributed by atoms with Crippen molar-refractivity contribution in [3.8, 4) is 10.7 Å². The molecular formula is C14H18BrN3S. The molecule has 0 aromatic carbocycles. The highest BCUT2D eigenvalue weighted by Crippen LogP contribution is 2.28. The molecule has 2 aromatic rings. The Hall–Kier alpha value is -0.780. The molecule has 0 saturated heterocycles. The number of nitrogens with one attached hydrogen (secondary N) is 1. The second kappa shape index (κ2) is 7.12. The van der Waals surface area contributed by atoms with Crippen molar-refractivity contribution in [3.05, 3.63) is 33.4 Å². The van der Waals surface area contributed by atoms with Crippen LogP contribution in [0.4, 0.5) is 0 Å². The van der Waals surface area contributed by atoms with Gasteiger partial charge in [0.05, 0.1) is 11.4 Å². The second-order valence-corrected chi connectivity index (χ2v) is 6.28. The monoisotopic (exact) mass is 339 g/mol. The molecule has 0 aliphatic rings. The van der Waals surface area contributed by atoms with Crippen molar-refractivity contribution in [2.45, 2.75) is 33.2 Å². The Balaban J connectivity index is 2.27. The van der Waals surface area contributed by atoms with Gasteiger partial charge in [0, 0.05) is 22.1 Å². The molecule has 3 nitrogen and oxygen atoms in total. The van der Waals surface area contributed by atoms with Crippen molar-refractivity contribution in [2.75, 3.05) is 6.54 Å². The summed E-state index contributed by atoms with van der Waals surface area (Å²) in [5, 5.41) is 4.40. The molecule has 0 unspecified atom stereocenters. The van der Waals surface area contributed by atoms with Crippen LogP contribution in [0.15, 0.2) is 22.8 Å². The third kappa shape index (κ3) is 3.84. The number of nitrogens with zero attached hydrogens (tertiary/aromatic N) is 2. The second-order valence-electron chi connectivity index (χ2n) is 4.28. The summed E-state index contributed by atoms with van der Waals surface area (Å²) in [7, 11) is 0. The molecule has 0 bridgehead atoms. The number of aryl methyl sites for hydroxylation is 1. The van der Waals surface area contributed by atoms with Crippen LogP contribution in [0, 0.1) is 0 Å². The first-order valence-corrected chi connectivity index (χ1v) is 8.16. The van der Waals surface area contributed by atoms with Crippen LogP contribution in [0.1, 0.15) is 30.8 Å². The first-order chi connectivity index (χ1) is 9.24. The Morgan fingerprint density at radius 1 is 1.32 bits per heavy atom. The van der Waals surface area contributed by atoms with Crippen LogP contribution in [0.2, 0.25) is 0 Å². The van der Waals surface area contributed by atoms with Crippen LogP contribution in [0.5, 0.6) is 0 Å². The van der Waals surface area contributed by atoms with Crippen LogP contribution >= 0.6 is 27.3 Å². The summed E-state index contributed by atoms with van der Waals surface area (Å²) >= 11 is 5.15. The number of aromatic nitrogens is 2. The first-order valence-electron chi connectivity index (χ1n) is 6.55. The SMILES string of the molecule is CCCc1nc(-c2ccc(Br)cn2)sc1CNCC. The highest BCUT2D eigenvalue weighted by atomic mass is 79.9. The number of hydrogen-bond acceptors (Lipinski definition) is 4. The van der Waals surface area contributed by atoms with Crippen LogP contribution in [0.3, 0.4) is 0 Å². The van der Waals surface area contributed by atoms with Crippen LogP contribution in [-0.2, 0) is 13.0 Å². The average Bonchev–Trinajstić information content (AvgIpc) is 2.81. The molecule has 0 amide bonds. The van der Waals surface area contributed by atoms with Gasteiger partial charge in [0.15, 0.2) is 0 Å². The van der Waals surface area contributed by atoms with Gasteiger partial charge in [0.25, 0.3) is 0 Å². The minimum absolute atomic E-state index is 0.903. The van der Waals surface area contributed by atoms with E-state index in [4.69, 9.17) is 4.98 Å². The Morgan fingerprint density at radius 3 is 2.79 bits per heavy atom. The standard InChI is InChI=1S/C14H18BrN3S/c1-3-5-11-13(9-16-4-2)19-14(18-11)12-7-6-10(15)8-17-12/h6-8,16H,3-5,9H2,1-2H3. The molecule has 0 saturated carbocycles. The molecule has 0 fully saturated rings. The van der Waals surface area contributed by atoms with E-state index in [0.717, 1.165) is 41.1 Å². The first kappa shape index (κ1) is 14.6. The van der Waals surface area contributed by atoms with Crippen molar-refractivity contribution in [1.29, 1.82) is 0 Å². The Labute approximate surface area is 126 Å². The number of pyridine rings is 1. The molecule has 0 atom stereocenters. The molecule has 2 rings (SSSR count). The van der Waals surface area contributed by atoms with Gasteiger partial charge in [0.1, 0.15) is 5.01 Å². The minimum Gasteiger partial charge on any atom is -0.312 e. The van der Waals surface area contributed by atoms with Gasteiger partial charge >= 0.3 is 0 Å². The van der Waals surface area contributed by atoms with Gasteiger partial charge in [0.2, 0.25) is 0 Å². The van der Waals surface area contributed by atoms with Gasteiger partial charge in [-0.25, -0.2) is 4.98 Å². The van der Waals surface area contributed by atoms with Crippen molar-refractivity contribution in [1.82, 2.24) is 15.3 Å². The van der Waals surface area contributed by atoms with Gasteiger partial charge in [-0.2, -0.15) is 0 Å². The number of thiazole rings is 1. The highest BCUT2D eigenvalue weighted by Gasteiger charge is 2.12. The van der Waals surface area contributed by atoms with Crippen LogP contribution in [-0.4, -0.2) is 16.5 Å². The van der Waals surface area contributed by atoms with E-state index in [1.807, 2.05) is 18.3 Å².